The predicted octanol–water partition coefficient (Wildman–Crippen LogP) is 4.68. The summed E-state index contributed by atoms with van der Waals surface area (Å²) in [5.41, 5.74) is 3.81. The number of aromatic amines is 1. The summed E-state index contributed by atoms with van der Waals surface area (Å²) < 4.78 is 0. The summed E-state index contributed by atoms with van der Waals surface area (Å²) in [6.45, 7) is 2.24. The molecule has 108 valence electrons. The maximum atomic E-state index is 4.07. The van der Waals surface area contributed by atoms with Gasteiger partial charge in [0.05, 0.1) is 17.8 Å². The Hall–Kier alpha value is -1.81. The molecule has 2 aromatic heterocycles. The van der Waals surface area contributed by atoms with Gasteiger partial charge in [-0.25, -0.2) is 0 Å². The van der Waals surface area contributed by atoms with E-state index in [1.165, 1.54) is 30.6 Å². The third kappa shape index (κ3) is 2.44. The highest BCUT2D eigenvalue weighted by Crippen LogP contribution is 2.34. The quantitative estimate of drug-likeness (QED) is 0.737. The number of hydrogen-bond acceptors (Lipinski definition) is 3. The molecular formula is C17H19N3S. The largest absolute Gasteiger partial charge is 0.378 e. The molecule has 2 N–H and O–H groups in total. The van der Waals surface area contributed by atoms with E-state index in [2.05, 4.69) is 46.7 Å². The third-order valence-electron chi connectivity index (χ3n) is 4.27. The molecular weight excluding hydrogens is 278 g/mol. The molecule has 1 unspecified atom stereocenters. The molecule has 0 spiro atoms. The Morgan fingerprint density at radius 2 is 2.14 bits per heavy atom. The van der Waals surface area contributed by atoms with Crippen LogP contribution in [0.25, 0.3) is 10.9 Å². The molecule has 4 heteroatoms. The molecule has 4 rings (SSSR count). The van der Waals surface area contributed by atoms with Crippen LogP contribution in [0, 0.1) is 0 Å². The summed E-state index contributed by atoms with van der Waals surface area (Å²) >= 11 is 1.99. The summed E-state index contributed by atoms with van der Waals surface area (Å²) in [6, 6.07) is 9.12. The van der Waals surface area contributed by atoms with Crippen LogP contribution in [0.3, 0.4) is 0 Å². The number of H-pyrrole nitrogens is 1. The lowest BCUT2D eigenvalue weighted by molar-refractivity contribution is 0.696. The Bertz CT molecular complexity index is 748. The van der Waals surface area contributed by atoms with Gasteiger partial charge in [-0.2, -0.15) is 5.10 Å². The first kappa shape index (κ1) is 12.9. The fourth-order valence-electron chi connectivity index (χ4n) is 3.08. The molecule has 1 aromatic carbocycles. The zero-order chi connectivity index (χ0) is 14.2. The standard InChI is InChI=1S/C17H19N3S/c1-11(17-8-12-4-2-3-5-16(12)21-17)19-14-7-6-13-10-18-20-15(13)9-14/h6-11,19H,2-5H2,1H3,(H,18,20). The van der Waals surface area contributed by atoms with Gasteiger partial charge in [-0.05, 0) is 62.4 Å². The van der Waals surface area contributed by atoms with Crippen molar-refractivity contribution in [3.63, 3.8) is 0 Å². The third-order valence-corrected chi connectivity index (χ3v) is 5.69. The summed E-state index contributed by atoms with van der Waals surface area (Å²) in [7, 11) is 0. The summed E-state index contributed by atoms with van der Waals surface area (Å²) in [5, 5.41) is 11.9. The first-order valence-electron chi connectivity index (χ1n) is 7.61. The number of aryl methyl sites for hydroxylation is 2. The van der Waals surface area contributed by atoms with Crippen LogP contribution >= 0.6 is 11.3 Å². The predicted molar refractivity (Wildman–Crippen MR) is 89.1 cm³/mol. The second kappa shape index (κ2) is 5.19. The number of thiophene rings is 1. The van der Waals surface area contributed by atoms with E-state index < -0.39 is 0 Å². The molecule has 21 heavy (non-hydrogen) atoms. The number of hydrogen-bond donors (Lipinski definition) is 2. The van der Waals surface area contributed by atoms with E-state index in [1.54, 1.807) is 10.4 Å². The zero-order valence-corrected chi connectivity index (χ0v) is 13.0. The van der Waals surface area contributed by atoms with Crippen molar-refractivity contribution >= 4 is 27.9 Å². The van der Waals surface area contributed by atoms with Gasteiger partial charge >= 0.3 is 0 Å². The maximum Gasteiger partial charge on any atom is 0.0670 e. The summed E-state index contributed by atoms with van der Waals surface area (Å²) in [4.78, 5) is 3.06. The van der Waals surface area contributed by atoms with E-state index in [0.29, 0.717) is 6.04 Å². The Kier molecular flexibility index (Phi) is 3.19. The molecule has 3 nitrogen and oxygen atoms in total. The van der Waals surface area contributed by atoms with Crippen LogP contribution in [0.15, 0.2) is 30.5 Å². The Morgan fingerprint density at radius 3 is 3.05 bits per heavy atom. The second-order valence-corrected chi connectivity index (χ2v) is 7.01. The molecule has 0 saturated carbocycles. The molecule has 0 bridgehead atoms. The highest BCUT2D eigenvalue weighted by molar-refractivity contribution is 7.12. The maximum absolute atomic E-state index is 4.07. The lowest BCUT2D eigenvalue weighted by Crippen LogP contribution is -2.04. The molecule has 0 fully saturated rings. The van der Waals surface area contributed by atoms with E-state index in [0.717, 1.165) is 16.6 Å². The fraction of sp³-hybridized carbons (Fsp3) is 0.353. The number of nitrogens with zero attached hydrogens (tertiary/aromatic N) is 1. The Morgan fingerprint density at radius 1 is 1.24 bits per heavy atom. The molecule has 1 atom stereocenters. The lowest BCUT2D eigenvalue weighted by atomic mass is 9.99. The van der Waals surface area contributed by atoms with Crippen molar-refractivity contribution < 1.29 is 0 Å². The molecule has 0 aliphatic heterocycles. The van der Waals surface area contributed by atoms with Crippen molar-refractivity contribution in [2.24, 2.45) is 0 Å². The smallest absolute Gasteiger partial charge is 0.0670 e. The molecule has 1 aliphatic carbocycles. The number of aromatic nitrogens is 2. The highest BCUT2D eigenvalue weighted by Gasteiger charge is 2.16. The number of anilines is 1. The minimum absolute atomic E-state index is 0.348. The first-order valence-corrected chi connectivity index (χ1v) is 8.42. The molecule has 1 aliphatic rings. The topological polar surface area (TPSA) is 40.7 Å². The van der Waals surface area contributed by atoms with Crippen molar-refractivity contribution in [1.29, 1.82) is 0 Å². The van der Waals surface area contributed by atoms with Crippen LogP contribution < -0.4 is 5.32 Å². The molecule has 2 heterocycles. The molecule has 0 saturated heterocycles. The van der Waals surface area contributed by atoms with Crippen LogP contribution in [-0.2, 0) is 12.8 Å². The average molecular weight is 297 g/mol. The van der Waals surface area contributed by atoms with Gasteiger partial charge in [0.2, 0.25) is 0 Å². The van der Waals surface area contributed by atoms with Gasteiger partial charge in [0.1, 0.15) is 0 Å². The van der Waals surface area contributed by atoms with E-state index in [-0.39, 0.29) is 0 Å². The van der Waals surface area contributed by atoms with Gasteiger partial charge < -0.3 is 5.32 Å². The molecule has 0 amide bonds. The van der Waals surface area contributed by atoms with Crippen LogP contribution in [0.5, 0.6) is 0 Å². The number of rotatable bonds is 3. The van der Waals surface area contributed by atoms with E-state index in [4.69, 9.17) is 0 Å². The normalized spacial score (nSPS) is 15.9. The van der Waals surface area contributed by atoms with Crippen LogP contribution in [0.1, 0.15) is 41.1 Å². The minimum Gasteiger partial charge on any atom is -0.378 e. The molecule has 3 aromatic rings. The Balaban J connectivity index is 1.56. The van der Waals surface area contributed by atoms with Gasteiger partial charge in [0.15, 0.2) is 0 Å². The summed E-state index contributed by atoms with van der Waals surface area (Å²) in [5.74, 6) is 0. The lowest BCUT2D eigenvalue weighted by Gasteiger charge is -2.13. The van der Waals surface area contributed by atoms with Crippen molar-refractivity contribution in [2.75, 3.05) is 5.32 Å². The molecule has 0 radical (unpaired) electrons. The van der Waals surface area contributed by atoms with E-state index in [1.807, 2.05) is 17.5 Å². The minimum atomic E-state index is 0.348. The number of fused-ring (bicyclic) bond motifs is 2. The van der Waals surface area contributed by atoms with Crippen LogP contribution in [0.4, 0.5) is 5.69 Å². The fourth-order valence-corrected chi connectivity index (χ4v) is 4.33. The Labute approximate surface area is 128 Å². The van der Waals surface area contributed by atoms with Gasteiger partial charge in [-0.3, -0.25) is 5.10 Å². The number of nitrogens with one attached hydrogen (secondary N) is 2. The SMILES string of the molecule is CC(Nc1ccc2cn[nH]c2c1)c1cc2c(s1)CCCC2. The van der Waals surface area contributed by atoms with E-state index in [9.17, 15) is 0 Å². The van der Waals surface area contributed by atoms with Gasteiger partial charge in [-0.1, -0.05) is 0 Å². The summed E-state index contributed by atoms with van der Waals surface area (Å²) in [6.07, 6.45) is 7.09. The zero-order valence-electron chi connectivity index (χ0n) is 12.1. The van der Waals surface area contributed by atoms with Crippen molar-refractivity contribution in [3.05, 3.63) is 45.8 Å². The monoisotopic (exact) mass is 297 g/mol. The first-order chi connectivity index (χ1) is 10.3. The van der Waals surface area contributed by atoms with Crippen molar-refractivity contribution in [2.45, 2.75) is 38.6 Å². The van der Waals surface area contributed by atoms with Crippen LogP contribution in [-0.4, -0.2) is 10.2 Å². The average Bonchev–Trinajstić information content (AvgIpc) is 3.13. The van der Waals surface area contributed by atoms with Gasteiger partial charge in [0.25, 0.3) is 0 Å². The van der Waals surface area contributed by atoms with Gasteiger partial charge in [0, 0.05) is 20.8 Å². The van der Waals surface area contributed by atoms with Crippen LogP contribution in [0.2, 0.25) is 0 Å². The second-order valence-electron chi connectivity index (χ2n) is 5.84. The van der Waals surface area contributed by atoms with Crippen molar-refractivity contribution in [3.8, 4) is 0 Å². The van der Waals surface area contributed by atoms with E-state index >= 15 is 0 Å². The highest BCUT2D eigenvalue weighted by atomic mass is 32.1. The van der Waals surface area contributed by atoms with Crippen molar-refractivity contribution in [1.82, 2.24) is 10.2 Å². The van der Waals surface area contributed by atoms with Gasteiger partial charge in [-0.15, -0.1) is 11.3 Å². The number of benzene rings is 1.